The first-order chi connectivity index (χ1) is 5.79. The second-order valence-corrected chi connectivity index (χ2v) is 2.29. The SMILES string of the molecule is N#CCC(N)c1ccoc1C#N. The molecule has 0 aromatic carbocycles. The van der Waals surface area contributed by atoms with Gasteiger partial charge in [0, 0.05) is 11.6 Å². The lowest BCUT2D eigenvalue weighted by atomic mass is 10.1. The van der Waals surface area contributed by atoms with Crippen LogP contribution in [0, 0.1) is 22.7 Å². The van der Waals surface area contributed by atoms with Gasteiger partial charge in [-0.05, 0) is 6.07 Å². The number of nitrogens with two attached hydrogens (primary N) is 1. The van der Waals surface area contributed by atoms with Crippen molar-refractivity contribution in [2.45, 2.75) is 12.5 Å². The first-order valence-corrected chi connectivity index (χ1v) is 3.39. The second kappa shape index (κ2) is 3.56. The maximum atomic E-state index is 8.54. The molecule has 1 heterocycles. The third-order valence-corrected chi connectivity index (χ3v) is 1.51. The van der Waals surface area contributed by atoms with Gasteiger partial charge in [-0.25, -0.2) is 0 Å². The van der Waals surface area contributed by atoms with Crippen LogP contribution >= 0.6 is 0 Å². The summed E-state index contributed by atoms with van der Waals surface area (Å²) in [6, 6.07) is 4.97. The Bertz CT molecular complexity index is 342. The van der Waals surface area contributed by atoms with E-state index in [1.54, 1.807) is 6.07 Å². The fourth-order valence-corrected chi connectivity index (χ4v) is 0.910. The lowest BCUT2D eigenvalue weighted by Gasteiger charge is -2.02. The highest BCUT2D eigenvalue weighted by Crippen LogP contribution is 2.18. The van der Waals surface area contributed by atoms with Gasteiger partial charge in [-0.1, -0.05) is 0 Å². The van der Waals surface area contributed by atoms with E-state index in [0.717, 1.165) is 0 Å². The molecule has 0 amide bonds. The van der Waals surface area contributed by atoms with Gasteiger partial charge in [0.25, 0.3) is 0 Å². The van der Waals surface area contributed by atoms with Crippen LogP contribution in [0.3, 0.4) is 0 Å². The highest BCUT2D eigenvalue weighted by molar-refractivity contribution is 5.31. The predicted molar refractivity (Wildman–Crippen MR) is 40.6 cm³/mol. The number of rotatable bonds is 2. The molecule has 2 N–H and O–H groups in total. The van der Waals surface area contributed by atoms with Crippen LogP contribution in [0.25, 0.3) is 0 Å². The Hall–Kier alpha value is -1.78. The molecule has 1 aromatic rings. The zero-order chi connectivity index (χ0) is 8.97. The average Bonchev–Trinajstić information content (AvgIpc) is 2.51. The zero-order valence-electron chi connectivity index (χ0n) is 6.32. The maximum Gasteiger partial charge on any atom is 0.208 e. The molecule has 0 aliphatic rings. The lowest BCUT2D eigenvalue weighted by molar-refractivity contribution is 0.544. The van der Waals surface area contributed by atoms with Gasteiger partial charge < -0.3 is 10.2 Å². The molecule has 0 bridgehead atoms. The summed E-state index contributed by atoms with van der Waals surface area (Å²) in [6.45, 7) is 0. The van der Waals surface area contributed by atoms with Crippen LogP contribution in [0.2, 0.25) is 0 Å². The molecule has 0 spiro atoms. The summed E-state index contributed by atoms with van der Waals surface area (Å²) >= 11 is 0. The van der Waals surface area contributed by atoms with Gasteiger partial charge in [0.05, 0.1) is 18.8 Å². The Balaban J connectivity index is 2.89. The molecule has 0 fully saturated rings. The van der Waals surface area contributed by atoms with E-state index in [1.165, 1.54) is 6.26 Å². The standard InChI is InChI=1S/C8H7N3O/c9-3-1-7(11)6-2-4-12-8(6)5-10/h2,4,7H,1,11H2. The summed E-state index contributed by atoms with van der Waals surface area (Å²) in [5, 5.41) is 16.9. The van der Waals surface area contributed by atoms with Gasteiger partial charge >= 0.3 is 0 Å². The fraction of sp³-hybridized carbons (Fsp3) is 0.250. The van der Waals surface area contributed by atoms with E-state index in [2.05, 4.69) is 0 Å². The topological polar surface area (TPSA) is 86.7 Å². The van der Waals surface area contributed by atoms with Gasteiger partial charge in [0.15, 0.2) is 0 Å². The van der Waals surface area contributed by atoms with Crippen molar-refractivity contribution in [1.29, 1.82) is 10.5 Å². The number of hydrogen-bond acceptors (Lipinski definition) is 4. The van der Waals surface area contributed by atoms with Crippen molar-refractivity contribution < 1.29 is 4.42 Å². The van der Waals surface area contributed by atoms with Crippen LogP contribution in [0.5, 0.6) is 0 Å². The lowest BCUT2D eigenvalue weighted by Crippen LogP contribution is -2.09. The van der Waals surface area contributed by atoms with Crippen LogP contribution in [0.1, 0.15) is 23.8 Å². The number of hydrogen-bond donors (Lipinski definition) is 1. The van der Waals surface area contributed by atoms with Crippen LogP contribution in [0.4, 0.5) is 0 Å². The molecule has 0 aliphatic heterocycles. The van der Waals surface area contributed by atoms with Gasteiger partial charge in [-0.2, -0.15) is 10.5 Å². The number of furan rings is 1. The van der Waals surface area contributed by atoms with Crippen molar-refractivity contribution in [3.8, 4) is 12.1 Å². The molecule has 0 radical (unpaired) electrons. The van der Waals surface area contributed by atoms with E-state index < -0.39 is 6.04 Å². The molecule has 1 aromatic heterocycles. The van der Waals surface area contributed by atoms with Crippen LogP contribution in [0.15, 0.2) is 16.7 Å². The molecule has 4 nitrogen and oxygen atoms in total. The minimum absolute atomic E-state index is 0.189. The summed E-state index contributed by atoms with van der Waals surface area (Å²) < 4.78 is 4.83. The molecule has 0 saturated carbocycles. The molecule has 1 atom stereocenters. The molecule has 0 saturated heterocycles. The summed E-state index contributed by atoms with van der Waals surface area (Å²) in [4.78, 5) is 0. The third-order valence-electron chi connectivity index (χ3n) is 1.51. The summed E-state index contributed by atoms with van der Waals surface area (Å²) in [7, 11) is 0. The van der Waals surface area contributed by atoms with E-state index in [4.69, 9.17) is 20.7 Å². The quantitative estimate of drug-likeness (QED) is 0.702. The minimum Gasteiger partial charge on any atom is -0.454 e. The summed E-state index contributed by atoms with van der Waals surface area (Å²) in [5.41, 5.74) is 6.19. The molecule has 12 heavy (non-hydrogen) atoms. The van der Waals surface area contributed by atoms with E-state index in [-0.39, 0.29) is 12.2 Å². The van der Waals surface area contributed by atoms with Gasteiger partial charge in [0.1, 0.15) is 6.07 Å². The van der Waals surface area contributed by atoms with Crippen LogP contribution in [-0.2, 0) is 0 Å². The summed E-state index contributed by atoms with van der Waals surface area (Å²) in [6.07, 6.45) is 1.58. The monoisotopic (exact) mass is 161 g/mol. The third kappa shape index (κ3) is 1.45. The first-order valence-electron chi connectivity index (χ1n) is 3.39. The van der Waals surface area contributed by atoms with Crippen molar-refractivity contribution in [2.24, 2.45) is 5.73 Å². The Labute approximate surface area is 69.8 Å². The van der Waals surface area contributed by atoms with E-state index in [0.29, 0.717) is 5.56 Å². The van der Waals surface area contributed by atoms with Crippen molar-refractivity contribution in [3.63, 3.8) is 0 Å². The molecular weight excluding hydrogens is 154 g/mol. The van der Waals surface area contributed by atoms with Crippen molar-refractivity contribution in [3.05, 3.63) is 23.7 Å². The van der Waals surface area contributed by atoms with Gasteiger partial charge in [0.2, 0.25) is 5.76 Å². The molecule has 1 unspecified atom stereocenters. The Morgan fingerprint density at radius 1 is 1.58 bits per heavy atom. The Morgan fingerprint density at radius 3 is 2.92 bits per heavy atom. The molecule has 4 heteroatoms. The Kier molecular flexibility index (Phi) is 2.47. The average molecular weight is 161 g/mol. The number of nitrogens with zero attached hydrogens (tertiary/aromatic N) is 2. The van der Waals surface area contributed by atoms with Crippen molar-refractivity contribution in [1.82, 2.24) is 0 Å². The molecular formula is C8H7N3O. The van der Waals surface area contributed by atoms with Gasteiger partial charge in [-0.3, -0.25) is 0 Å². The van der Waals surface area contributed by atoms with Crippen LogP contribution in [-0.4, -0.2) is 0 Å². The van der Waals surface area contributed by atoms with Crippen molar-refractivity contribution >= 4 is 0 Å². The fourth-order valence-electron chi connectivity index (χ4n) is 0.910. The second-order valence-electron chi connectivity index (χ2n) is 2.29. The summed E-state index contributed by atoms with van der Waals surface area (Å²) in [5.74, 6) is 0.192. The normalized spacial score (nSPS) is 11.6. The highest BCUT2D eigenvalue weighted by atomic mass is 16.3. The zero-order valence-corrected chi connectivity index (χ0v) is 6.32. The minimum atomic E-state index is -0.427. The van der Waals surface area contributed by atoms with Gasteiger partial charge in [-0.15, -0.1) is 0 Å². The molecule has 1 rings (SSSR count). The first kappa shape index (κ1) is 8.32. The Morgan fingerprint density at radius 2 is 2.33 bits per heavy atom. The highest BCUT2D eigenvalue weighted by Gasteiger charge is 2.12. The van der Waals surface area contributed by atoms with Crippen LogP contribution < -0.4 is 5.73 Å². The maximum absolute atomic E-state index is 8.54. The van der Waals surface area contributed by atoms with Crippen molar-refractivity contribution in [2.75, 3.05) is 0 Å². The predicted octanol–water partition coefficient (Wildman–Crippen LogP) is 1.06. The van der Waals surface area contributed by atoms with E-state index >= 15 is 0 Å². The molecule has 60 valence electrons. The number of nitriles is 2. The largest absolute Gasteiger partial charge is 0.454 e. The molecule has 0 aliphatic carbocycles. The van der Waals surface area contributed by atoms with E-state index in [9.17, 15) is 0 Å². The van der Waals surface area contributed by atoms with E-state index in [1.807, 2.05) is 12.1 Å². The smallest absolute Gasteiger partial charge is 0.208 e.